The highest BCUT2D eigenvalue weighted by molar-refractivity contribution is 6.33. The normalized spacial score (nSPS) is 18.2. The first-order valence-corrected chi connectivity index (χ1v) is 8.11. The lowest BCUT2D eigenvalue weighted by Crippen LogP contribution is -2.41. The number of carbonyl (C=O) groups excluding carboxylic acids is 1. The van der Waals surface area contributed by atoms with Crippen LogP contribution in [0.2, 0.25) is 5.02 Å². The summed E-state index contributed by atoms with van der Waals surface area (Å²) in [6, 6.07) is 7.26. The number of rotatable bonds is 3. The van der Waals surface area contributed by atoms with Crippen molar-refractivity contribution >= 4 is 17.5 Å². The van der Waals surface area contributed by atoms with Crippen LogP contribution in [0, 0.1) is 12.8 Å². The number of aromatic nitrogens is 1. The van der Waals surface area contributed by atoms with E-state index in [1.807, 2.05) is 18.2 Å². The minimum absolute atomic E-state index is 0.101. The van der Waals surface area contributed by atoms with E-state index in [2.05, 4.69) is 5.16 Å². The Morgan fingerprint density at radius 1 is 1.48 bits per heavy atom. The Bertz CT molecular complexity index is 714. The smallest absolute Gasteiger partial charge is 0.259 e. The summed E-state index contributed by atoms with van der Waals surface area (Å²) in [6.45, 7) is 3.07. The van der Waals surface area contributed by atoms with E-state index in [9.17, 15) is 9.90 Å². The first kappa shape index (κ1) is 16.0. The molecule has 1 fully saturated rings. The highest BCUT2D eigenvalue weighted by Gasteiger charge is 2.30. The van der Waals surface area contributed by atoms with Gasteiger partial charge in [-0.2, -0.15) is 0 Å². The molecule has 1 aliphatic rings. The van der Waals surface area contributed by atoms with Crippen LogP contribution < -0.4 is 0 Å². The van der Waals surface area contributed by atoms with E-state index in [0.717, 1.165) is 12.8 Å². The van der Waals surface area contributed by atoms with Gasteiger partial charge in [-0.3, -0.25) is 4.79 Å². The number of benzene rings is 1. The molecule has 0 aliphatic carbocycles. The fraction of sp³-hybridized carbons (Fsp3) is 0.412. The number of aliphatic hydroxyl groups excluding tert-OH is 1. The zero-order chi connectivity index (χ0) is 16.4. The van der Waals surface area contributed by atoms with Crippen LogP contribution in [0.25, 0.3) is 11.3 Å². The summed E-state index contributed by atoms with van der Waals surface area (Å²) in [4.78, 5) is 14.7. The van der Waals surface area contributed by atoms with Crippen LogP contribution in [0.1, 0.15) is 29.0 Å². The van der Waals surface area contributed by atoms with Crippen LogP contribution in [0.5, 0.6) is 0 Å². The molecule has 0 radical (unpaired) electrons. The third kappa shape index (κ3) is 3.12. The summed E-state index contributed by atoms with van der Waals surface area (Å²) in [7, 11) is 0. The zero-order valence-corrected chi connectivity index (χ0v) is 13.7. The topological polar surface area (TPSA) is 66.6 Å². The van der Waals surface area contributed by atoms with Crippen molar-refractivity contribution in [2.45, 2.75) is 19.8 Å². The third-order valence-corrected chi connectivity index (χ3v) is 4.60. The second-order valence-electron chi connectivity index (χ2n) is 5.88. The molecule has 2 heterocycles. The van der Waals surface area contributed by atoms with E-state index >= 15 is 0 Å². The quantitative estimate of drug-likeness (QED) is 0.936. The highest BCUT2D eigenvalue weighted by Crippen LogP contribution is 2.32. The van der Waals surface area contributed by atoms with Crippen LogP contribution in [0.3, 0.4) is 0 Å². The van der Waals surface area contributed by atoms with Crippen molar-refractivity contribution in [2.75, 3.05) is 19.7 Å². The Morgan fingerprint density at radius 3 is 3.00 bits per heavy atom. The Morgan fingerprint density at radius 2 is 2.26 bits per heavy atom. The first-order valence-electron chi connectivity index (χ1n) is 7.73. The number of amides is 1. The molecular formula is C17H19ClN2O3. The van der Waals surface area contributed by atoms with E-state index in [1.165, 1.54) is 0 Å². The Hall–Kier alpha value is -1.85. The van der Waals surface area contributed by atoms with Crippen LogP contribution in [0.15, 0.2) is 28.8 Å². The molecule has 1 N–H and O–H groups in total. The molecule has 1 atom stereocenters. The van der Waals surface area contributed by atoms with E-state index < -0.39 is 0 Å². The minimum atomic E-state index is -0.114. The zero-order valence-electron chi connectivity index (χ0n) is 13.0. The molecule has 0 saturated carbocycles. The van der Waals surface area contributed by atoms with Gasteiger partial charge in [-0.05, 0) is 31.7 Å². The standard InChI is InChI=1S/C17H19ClN2O3/c1-11-15(17(22)20-8-4-5-12(9-20)10-21)16(19-23-11)13-6-2-3-7-14(13)18/h2-3,6-7,12,21H,4-5,8-10H2,1H3. The van der Waals surface area contributed by atoms with Gasteiger partial charge < -0.3 is 14.5 Å². The average Bonchev–Trinajstić information content (AvgIpc) is 2.96. The molecule has 122 valence electrons. The van der Waals surface area contributed by atoms with Crippen molar-refractivity contribution in [1.82, 2.24) is 10.1 Å². The Labute approximate surface area is 139 Å². The number of hydrogen-bond acceptors (Lipinski definition) is 4. The van der Waals surface area contributed by atoms with Gasteiger partial charge in [0.2, 0.25) is 0 Å². The fourth-order valence-electron chi connectivity index (χ4n) is 3.02. The van der Waals surface area contributed by atoms with E-state index in [-0.39, 0.29) is 18.4 Å². The summed E-state index contributed by atoms with van der Waals surface area (Å²) in [5, 5.41) is 13.9. The van der Waals surface area contributed by atoms with Crippen molar-refractivity contribution in [3.63, 3.8) is 0 Å². The van der Waals surface area contributed by atoms with Gasteiger partial charge in [0.1, 0.15) is 17.0 Å². The molecule has 0 spiro atoms. The maximum Gasteiger partial charge on any atom is 0.259 e. The van der Waals surface area contributed by atoms with Crippen molar-refractivity contribution < 1.29 is 14.4 Å². The Balaban J connectivity index is 1.95. The molecule has 5 nitrogen and oxygen atoms in total. The molecule has 1 saturated heterocycles. The molecule has 1 aromatic carbocycles. The largest absolute Gasteiger partial charge is 0.396 e. The number of carbonyl (C=O) groups is 1. The van der Waals surface area contributed by atoms with Gasteiger partial charge in [0.15, 0.2) is 0 Å². The van der Waals surface area contributed by atoms with Gasteiger partial charge in [-0.1, -0.05) is 35.0 Å². The van der Waals surface area contributed by atoms with Crippen molar-refractivity contribution in [1.29, 1.82) is 0 Å². The third-order valence-electron chi connectivity index (χ3n) is 4.27. The molecule has 1 unspecified atom stereocenters. The van der Waals surface area contributed by atoms with Crippen LogP contribution in [0.4, 0.5) is 0 Å². The van der Waals surface area contributed by atoms with Gasteiger partial charge in [0.05, 0.1) is 5.02 Å². The van der Waals surface area contributed by atoms with Gasteiger partial charge in [-0.15, -0.1) is 0 Å². The molecule has 2 aromatic rings. The van der Waals surface area contributed by atoms with Crippen molar-refractivity contribution in [3.05, 3.63) is 40.6 Å². The fourth-order valence-corrected chi connectivity index (χ4v) is 3.24. The maximum atomic E-state index is 12.9. The van der Waals surface area contributed by atoms with Crippen molar-refractivity contribution in [2.24, 2.45) is 5.92 Å². The van der Waals surface area contributed by atoms with Crippen LogP contribution in [-0.4, -0.2) is 40.8 Å². The molecular weight excluding hydrogens is 316 g/mol. The highest BCUT2D eigenvalue weighted by atomic mass is 35.5. The summed E-state index contributed by atoms with van der Waals surface area (Å²) < 4.78 is 5.26. The molecule has 6 heteroatoms. The lowest BCUT2D eigenvalue weighted by atomic mass is 9.97. The van der Waals surface area contributed by atoms with Gasteiger partial charge >= 0.3 is 0 Å². The van der Waals surface area contributed by atoms with E-state index in [0.29, 0.717) is 40.7 Å². The molecule has 3 rings (SSSR count). The monoisotopic (exact) mass is 334 g/mol. The summed E-state index contributed by atoms with van der Waals surface area (Å²) in [5.41, 5.74) is 1.62. The SMILES string of the molecule is Cc1onc(-c2ccccc2Cl)c1C(=O)N1CCCC(CO)C1. The number of halogens is 1. The molecule has 1 aliphatic heterocycles. The van der Waals surface area contributed by atoms with E-state index in [4.69, 9.17) is 16.1 Å². The summed E-state index contributed by atoms with van der Waals surface area (Å²) in [5.74, 6) is 0.504. The van der Waals surface area contributed by atoms with Crippen LogP contribution >= 0.6 is 11.6 Å². The van der Waals surface area contributed by atoms with Gasteiger partial charge in [0.25, 0.3) is 5.91 Å². The summed E-state index contributed by atoms with van der Waals surface area (Å²) in [6.07, 6.45) is 1.84. The van der Waals surface area contributed by atoms with E-state index in [1.54, 1.807) is 17.9 Å². The molecule has 1 amide bonds. The minimum Gasteiger partial charge on any atom is -0.396 e. The van der Waals surface area contributed by atoms with Gasteiger partial charge in [-0.25, -0.2) is 0 Å². The average molecular weight is 335 g/mol. The molecule has 1 aromatic heterocycles. The number of aryl methyl sites for hydroxylation is 1. The second kappa shape index (κ2) is 6.72. The predicted molar refractivity (Wildman–Crippen MR) is 87.4 cm³/mol. The lowest BCUT2D eigenvalue weighted by molar-refractivity contribution is 0.0619. The number of aliphatic hydroxyl groups is 1. The first-order chi connectivity index (χ1) is 11.1. The number of likely N-dealkylation sites (tertiary alicyclic amines) is 1. The van der Waals surface area contributed by atoms with Gasteiger partial charge in [0, 0.05) is 25.3 Å². The number of nitrogens with zero attached hydrogens (tertiary/aromatic N) is 2. The Kier molecular flexibility index (Phi) is 4.68. The van der Waals surface area contributed by atoms with Crippen LogP contribution in [-0.2, 0) is 0 Å². The van der Waals surface area contributed by atoms with Crippen molar-refractivity contribution in [3.8, 4) is 11.3 Å². The maximum absolute atomic E-state index is 12.9. The molecule has 0 bridgehead atoms. The summed E-state index contributed by atoms with van der Waals surface area (Å²) >= 11 is 6.24. The molecule has 23 heavy (non-hydrogen) atoms. The number of piperidine rings is 1. The second-order valence-corrected chi connectivity index (χ2v) is 6.29. The number of hydrogen-bond donors (Lipinski definition) is 1. The lowest BCUT2D eigenvalue weighted by Gasteiger charge is -2.31. The predicted octanol–water partition coefficient (Wildman–Crippen LogP) is 3.15.